The van der Waals surface area contributed by atoms with E-state index >= 15 is 0 Å². The van der Waals surface area contributed by atoms with E-state index in [-0.39, 0.29) is 47.7 Å². The molecule has 3 fully saturated rings. The molecule has 3 saturated heterocycles. The topological polar surface area (TPSA) is 193 Å². The summed E-state index contributed by atoms with van der Waals surface area (Å²) < 4.78 is 21.6. The smallest absolute Gasteiger partial charge is 0.407 e. The minimum Gasteiger partial charge on any atom is -0.488 e. The highest BCUT2D eigenvalue weighted by atomic mass is 16.5. The van der Waals surface area contributed by atoms with E-state index in [0.717, 1.165) is 80.6 Å². The molecule has 16 heteroatoms. The Labute approximate surface area is 353 Å². The first-order valence-electron chi connectivity index (χ1n) is 21.0. The van der Waals surface area contributed by atoms with Gasteiger partial charge in [-0.25, -0.2) is 19.6 Å². The summed E-state index contributed by atoms with van der Waals surface area (Å²) in [7, 11) is 4.25. The lowest BCUT2D eigenvalue weighted by molar-refractivity contribution is -0.142. The van der Waals surface area contributed by atoms with E-state index in [9.17, 15) is 19.2 Å². The van der Waals surface area contributed by atoms with Crippen LogP contribution in [0.1, 0.15) is 75.8 Å². The molecule has 0 saturated carbocycles. The van der Waals surface area contributed by atoms with Crippen molar-refractivity contribution in [3.05, 3.63) is 65.9 Å². The number of rotatable bonds is 9. The molecule has 3 aromatic carbocycles. The molecule has 16 nitrogen and oxygen atoms in total. The highest BCUT2D eigenvalue weighted by Gasteiger charge is 2.48. The molecule has 9 rings (SSSR count). The number of nitrogens with zero attached hydrogens (tertiary/aromatic N) is 4. The number of nitrogens with one attached hydrogen (secondary N) is 4. The molecular weight excluding hydrogens is 781 g/mol. The van der Waals surface area contributed by atoms with Gasteiger partial charge in [0, 0.05) is 36.6 Å². The fraction of sp³-hybridized carbons (Fsp3) is 0.467. The van der Waals surface area contributed by atoms with Gasteiger partial charge in [0.15, 0.2) is 0 Å². The zero-order valence-electron chi connectivity index (χ0n) is 35.2. The van der Waals surface area contributed by atoms with Gasteiger partial charge in [0.25, 0.3) is 0 Å². The number of hydrogen-bond donors (Lipinski definition) is 4. The van der Waals surface area contributed by atoms with E-state index in [1.807, 2.05) is 42.8 Å². The van der Waals surface area contributed by atoms with E-state index in [0.29, 0.717) is 32.0 Å². The highest BCUT2D eigenvalue weighted by Crippen LogP contribution is 2.45. The first-order valence-corrected chi connectivity index (χ1v) is 21.0. The SMILES string of the molecule is COCC1C[C@@H](c2nc3ccc4cc5c(cc4c3[nH]2)OCc2cc(-c3cnc([C@@H]4CC[C@@H]6CC(C)[C@H](NC(=O)OC)C(=O)N64)[nH]3)ccc2-5)N(C(=O)[C@@H](NC(=O)OC)C(C)C)C1. The summed E-state index contributed by atoms with van der Waals surface area (Å²) in [5.74, 6) is 1.83. The maximum atomic E-state index is 14.1. The van der Waals surface area contributed by atoms with E-state index in [4.69, 9.17) is 28.9 Å². The molecule has 6 heterocycles. The van der Waals surface area contributed by atoms with Crippen molar-refractivity contribution in [2.75, 3.05) is 34.5 Å². The lowest BCUT2D eigenvalue weighted by Crippen LogP contribution is -2.58. The molecule has 0 bridgehead atoms. The van der Waals surface area contributed by atoms with Gasteiger partial charge in [-0.1, -0.05) is 39.0 Å². The molecule has 0 spiro atoms. The predicted octanol–water partition coefficient (Wildman–Crippen LogP) is 6.38. The second-order valence-electron chi connectivity index (χ2n) is 17.2. The number of fused-ring (bicyclic) bond motifs is 7. The van der Waals surface area contributed by atoms with Crippen LogP contribution in [0.2, 0.25) is 0 Å². The molecule has 7 atom stereocenters. The number of aromatic nitrogens is 4. The number of H-pyrrole nitrogens is 2. The van der Waals surface area contributed by atoms with E-state index < -0.39 is 24.3 Å². The Kier molecular flexibility index (Phi) is 10.6. The van der Waals surface area contributed by atoms with Crippen LogP contribution >= 0.6 is 0 Å². The molecule has 2 unspecified atom stereocenters. The van der Waals surface area contributed by atoms with Crippen molar-refractivity contribution >= 4 is 45.8 Å². The molecule has 0 radical (unpaired) electrons. The zero-order chi connectivity index (χ0) is 42.7. The third-order valence-corrected chi connectivity index (χ3v) is 13.1. The molecular formula is C45H52N8O8. The lowest BCUT2D eigenvalue weighted by atomic mass is 9.88. The molecule has 0 aliphatic carbocycles. The third kappa shape index (κ3) is 7.19. The summed E-state index contributed by atoms with van der Waals surface area (Å²) in [6.45, 7) is 7.14. The molecule has 4 amide bonds. The average Bonchev–Trinajstić information content (AvgIpc) is 4.09. The molecule has 61 heavy (non-hydrogen) atoms. The Balaban J connectivity index is 0.973. The maximum absolute atomic E-state index is 14.1. The third-order valence-electron chi connectivity index (χ3n) is 13.1. The van der Waals surface area contributed by atoms with Crippen molar-refractivity contribution < 1.29 is 38.1 Å². The lowest BCUT2D eigenvalue weighted by Gasteiger charge is -2.41. The maximum Gasteiger partial charge on any atom is 0.407 e. The van der Waals surface area contributed by atoms with Crippen LogP contribution in [-0.2, 0) is 30.4 Å². The Morgan fingerprint density at radius 1 is 0.951 bits per heavy atom. The number of benzene rings is 3. The Bertz CT molecular complexity index is 2530. The van der Waals surface area contributed by atoms with Crippen molar-refractivity contribution in [2.45, 2.75) is 83.3 Å². The highest BCUT2D eigenvalue weighted by molar-refractivity contribution is 6.07. The number of amides is 4. The van der Waals surface area contributed by atoms with Crippen molar-refractivity contribution in [3.8, 4) is 28.1 Å². The molecule has 4 aliphatic rings. The minimum atomic E-state index is -0.760. The van der Waals surface area contributed by atoms with Crippen LogP contribution < -0.4 is 15.4 Å². The zero-order valence-corrected chi connectivity index (χ0v) is 35.2. The monoisotopic (exact) mass is 832 g/mol. The summed E-state index contributed by atoms with van der Waals surface area (Å²) in [5.41, 5.74) is 6.56. The van der Waals surface area contributed by atoms with Gasteiger partial charge in [-0.2, -0.15) is 0 Å². The van der Waals surface area contributed by atoms with Gasteiger partial charge in [-0.3, -0.25) is 9.59 Å². The number of carbonyl (C=O) groups is 4. The van der Waals surface area contributed by atoms with Crippen LogP contribution in [0.4, 0.5) is 9.59 Å². The number of piperidine rings is 1. The fourth-order valence-corrected chi connectivity index (χ4v) is 10.0. The van der Waals surface area contributed by atoms with Crippen LogP contribution in [0, 0.1) is 17.8 Å². The van der Waals surface area contributed by atoms with Crippen molar-refractivity contribution in [1.82, 2.24) is 40.4 Å². The van der Waals surface area contributed by atoms with Crippen LogP contribution in [0.25, 0.3) is 44.2 Å². The van der Waals surface area contributed by atoms with Gasteiger partial charge < -0.3 is 49.3 Å². The fourth-order valence-electron chi connectivity index (χ4n) is 10.0. The molecule has 320 valence electrons. The predicted molar refractivity (Wildman–Crippen MR) is 225 cm³/mol. The van der Waals surface area contributed by atoms with Crippen molar-refractivity contribution in [2.24, 2.45) is 17.8 Å². The van der Waals surface area contributed by atoms with Crippen molar-refractivity contribution in [3.63, 3.8) is 0 Å². The van der Waals surface area contributed by atoms with Gasteiger partial charge in [-0.15, -0.1) is 0 Å². The number of alkyl carbamates (subject to hydrolysis) is 2. The quantitative estimate of drug-likeness (QED) is 0.130. The summed E-state index contributed by atoms with van der Waals surface area (Å²) in [5, 5.41) is 7.45. The van der Waals surface area contributed by atoms with Crippen LogP contribution in [0.15, 0.2) is 48.7 Å². The summed E-state index contributed by atoms with van der Waals surface area (Å²) >= 11 is 0. The first-order chi connectivity index (χ1) is 29.5. The number of ether oxygens (including phenoxy) is 4. The number of carbonyl (C=O) groups excluding carboxylic acids is 4. The Morgan fingerprint density at radius 3 is 2.54 bits per heavy atom. The summed E-state index contributed by atoms with van der Waals surface area (Å²) in [6, 6.07) is 12.8. The Hall–Kier alpha value is -6.16. The van der Waals surface area contributed by atoms with Gasteiger partial charge in [0.05, 0.1) is 55.8 Å². The second kappa shape index (κ2) is 16.0. The molecule has 4 N–H and O–H groups in total. The van der Waals surface area contributed by atoms with Gasteiger partial charge in [-0.05, 0) is 83.9 Å². The van der Waals surface area contributed by atoms with Gasteiger partial charge in [0.2, 0.25) is 11.8 Å². The van der Waals surface area contributed by atoms with E-state index in [2.05, 4.69) is 57.0 Å². The summed E-state index contributed by atoms with van der Waals surface area (Å²) in [6.07, 6.45) is 3.69. The van der Waals surface area contributed by atoms with E-state index in [1.165, 1.54) is 14.2 Å². The minimum absolute atomic E-state index is 0.00299. The summed E-state index contributed by atoms with van der Waals surface area (Å²) in [4.78, 5) is 72.6. The standard InChI is InChI=1S/C45H52N8O8/c1-22(2)37(50-44(56)59-5)42(54)52-19-24(20-58-4)14-35(52)41-47-32-11-8-25-16-31-29-10-7-26(15-27(29)21-61-36(31)17-30(25)39(32)49-41)33-18-46-40(48-33)34-12-9-28-13-23(3)38(43(55)53(28)34)51-45(57)60-6/h7-8,10-11,15-18,22-24,28,34-35,37-38H,9,12-14,19-21H2,1-6H3,(H,46,48)(H,47,49)(H,50,56)(H,51,57)/t23?,24?,28-,34+,35+,37+,38+/m1/s1. The second-order valence-corrected chi connectivity index (χ2v) is 17.2. The van der Waals surface area contributed by atoms with Gasteiger partial charge in [0.1, 0.15) is 36.1 Å². The Morgan fingerprint density at radius 2 is 1.77 bits per heavy atom. The number of likely N-dealkylation sites (tertiary alicyclic amines) is 1. The van der Waals surface area contributed by atoms with Crippen molar-refractivity contribution in [1.29, 1.82) is 0 Å². The van der Waals surface area contributed by atoms with Crippen LogP contribution in [-0.4, -0.2) is 106 Å². The molecule has 2 aromatic heterocycles. The number of methoxy groups -OCH3 is 3. The first kappa shape index (κ1) is 40.3. The normalized spacial score (nSPS) is 23.7. The number of imidazole rings is 2. The number of aromatic amines is 2. The molecule has 5 aromatic rings. The van der Waals surface area contributed by atoms with Crippen LogP contribution in [0.5, 0.6) is 5.75 Å². The molecule has 4 aliphatic heterocycles. The van der Waals surface area contributed by atoms with Gasteiger partial charge >= 0.3 is 12.2 Å². The largest absolute Gasteiger partial charge is 0.488 e. The average molecular weight is 833 g/mol. The van der Waals surface area contributed by atoms with E-state index in [1.54, 1.807) is 7.11 Å². The number of hydrogen-bond acceptors (Lipinski definition) is 10. The van der Waals surface area contributed by atoms with Crippen LogP contribution in [0.3, 0.4) is 0 Å².